The lowest BCUT2D eigenvalue weighted by Gasteiger charge is -2.28. The van der Waals surface area contributed by atoms with Crippen LogP contribution in [0.3, 0.4) is 0 Å². The molecule has 0 spiro atoms. The van der Waals surface area contributed by atoms with Crippen LogP contribution in [-0.4, -0.2) is 51.3 Å². The summed E-state index contributed by atoms with van der Waals surface area (Å²) in [5.41, 5.74) is 0.680. The van der Waals surface area contributed by atoms with Crippen molar-refractivity contribution in [2.24, 2.45) is 0 Å². The number of amides is 2. The first-order valence-electron chi connectivity index (χ1n) is 9.65. The van der Waals surface area contributed by atoms with E-state index in [0.29, 0.717) is 25.1 Å². The zero-order valence-corrected chi connectivity index (χ0v) is 16.4. The van der Waals surface area contributed by atoms with Crippen LogP contribution in [0.2, 0.25) is 0 Å². The monoisotopic (exact) mass is 425 g/mol. The smallest absolute Gasteiger partial charge is 0.406 e. The molecule has 2 amide bonds. The van der Waals surface area contributed by atoms with Gasteiger partial charge in [-0.2, -0.15) is 0 Å². The Labute approximate surface area is 171 Å². The third-order valence-corrected chi connectivity index (χ3v) is 5.44. The van der Waals surface area contributed by atoms with Gasteiger partial charge in [-0.15, -0.1) is 23.4 Å². The largest absolute Gasteiger partial charge is 0.573 e. The highest BCUT2D eigenvalue weighted by molar-refractivity contribution is 5.75. The summed E-state index contributed by atoms with van der Waals surface area (Å²) < 4.78 is 47.8. The Morgan fingerprint density at radius 1 is 1.20 bits per heavy atom. The quantitative estimate of drug-likeness (QED) is 0.797. The zero-order chi connectivity index (χ0) is 21.3. The van der Waals surface area contributed by atoms with Crippen LogP contribution in [0, 0.1) is 0 Å². The van der Waals surface area contributed by atoms with E-state index in [1.165, 1.54) is 24.3 Å². The van der Waals surface area contributed by atoms with E-state index in [4.69, 9.17) is 4.74 Å². The lowest BCUT2D eigenvalue weighted by Crippen LogP contribution is -2.47. The Hall–Kier alpha value is -2.82. The van der Waals surface area contributed by atoms with Crippen molar-refractivity contribution in [2.45, 2.75) is 57.4 Å². The van der Waals surface area contributed by atoms with Crippen molar-refractivity contribution < 1.29 is 27.4 Å². The van der Waals surface area contributed by atoms with Crippen LogP contribution in [0.4, 0.5) is 18.0 Å². The van der Waals surface area contributed by atoms with Crippen LogP contribution in [0.25, 0.3) is 0 Å². The van der Waals surface area contributed by atoms with E-state index >= 15 is 0 Å². The molecule has 162 valence electrons. The Morgan fingerprint density at radius 2 is 1.93 bits per heavy atom. The highest BCUT2D eigenvalue weighted by atomic mass is 19.4. The summed E-state index contributed by atoms with van der Waals surface area (Å²) in [6.07, 6.45) is -2.31. The fraction of sp³-hybridized carbons (Fsp3) is 0.526. The lowest BCUT2D eigenvalue weighted by atomic mass is 10.1. The van der Waals surface area contributed by atoms with E-state index in [1.807, 2.05) is 9.47 Å². The molecule has 2 bridgehead atoms. The molecule has 11 heteroatoms. The van der Waals surface area contributed by atoms with Gasteiger partial charge in [-0.25, -0.2) is 4.79 Å². The van der Waals surface area contributed by atoms with Crippen molar-refractivity contribution in [3.05, 3.63) is 41.5 Å². The number of nitrogens with zero attached hydrogens (tertiary/aromatic N) is 4. The predicted molar refractivity (Wildman–Crippen MR) is 98.4 cm³/mol. The first kappa shape index (κ1) is 20.5. The normalized spacial score (nSPS) is 20.6. The Morgan fingerprint density at radius 3 is 2.63 bits per heavy atom. The molecule has 0 aliphatic carbocycles. The minimum Gasteiger partial charge on any atom is -0.406 e. The van der Waals surface area contributed by atoms with Crippen molar-refractivity contribution in [2.75, 3.05) is 7.11 Å². The maximum absolute atomic E-state index is 12.9. The molecule has 2 aliphatic rings. The number of carbonyl (C=O) groups excluding carboxylic acids is 1. The van der Waals surface area contributed by atoms with Gasteiger partial charge in [0.15, 0.2) is 5.82 Å². The summed E-state index contributed by atoms with van der Waals surface area (Å²) in [4.78, 5) is 14.8. The summed E-state index contributed by atoms with van der Waals surface area (Å²) in [7, 11) is 1.60. The summed E-state index contributed by atoms with van der Waals surface area (Å²) in [6.45, 7) is 1.20. The number of halogens is 3. The molecule has 0 saturated carbocycles. The molecule has 3 heterocycles. The van der Waals surface area contributed by atoms with Gasteiger partial charge in [0, 0.05) is 32.7 Å². The van der Waals surface area contributed by atoms with Crippen LogP contribution >= 0.6 is 0 Å². The van der Waals surface area contributed by atoms with Gasteiger partial charge in [0.2, 0.25) is 0 Å². The molecular formula is C19H22F3N5O3. The van der Waals surface area contributed by atoms with Gasteiger partial charge < -0.3 is 24.3 Å². The maximum atomic E-state index is 12.9. The van der Waals surface area contributed by atoms with Crippen LogP contribution < -0.4 is 10.1 Å². The summed E-state index contributed by atoms with van der Waals surface area (Å²) in [5.74, 6) is 1.31. The number of hydrogen-bond donors (Lipinski definition) is 1. The number of benzene rings is 1. The van der Waals surface area contributed by atoms with Gasteiger partial charge in [-0.05, 0) is 30.5 Å². The number of urea groups is 1. The summed E-state index contributed by atoms with van der Waals surface area (Å²) >= 11 is 0. The summed E-state index contributed by atoms with van der Waals surface area (Å²) in [6, 6.07) is 5.34. The average Bonchev–Trinajstić information content (AvgIpc) is 3.19. The maximum Gasteiger partial charge on any atom is 0.573 e. The molecule has 2 aromatic rings. The van der Waals surface area contributed by atoms with Gasteiger partial charge in [-0.1, -0.05) is 12.1 Å². The predicted octanol–water partition coefficient (Wildman–Crippen LogP) is 2.62. The van der Waals surface area contributed by atoms with E-state index in [9.17, 15) is 18.0 Å². The van der Waals surface area contributed by atoms with E-state index in [-0.39, 0.29) is 30.4 Å². The van der Waals surface area contributed by atoms with Crippen molar-refractivity contribution in [3.8, 4) is 5.75 Å². The average molecular weight is 425 g/mol. The molecule has 1 aromatic carbocycles. The van der Waals surface area contributed by atoms with Crippen molar-refractivity contribution in [3.63, 3.8) is 0 Å². The molecule has 1 fully saturated rings. The third-order valence-electron chi connectivity index (χ3n) is 5.44. The van der Waals surface area contributed by atoms with E-state index in [0.717, 1.165) is 24.5 Å². The molecule has 1 saturated heterocycles. The minimum atomic E-state index is -4.73. The number of aromatic nitrogens is 3. The van der Waals surface area contributed by atoms with Gasteiger partial charge >= 0.3 is 12.4 Å². The molecule has 1 aromatic heterocycles. The molecule has 2 unspecified atom stereocenters. The second kappa shape index (κ2) is 8.13. The Kier molecular flexibility index (Phi) is 5.54. The second-order valence-corrected chi connectivity index (χ2v) is 7.42. The van der Waals surface area contributed by atoms with Crippen LogP contribution in [-0.2, 0) is 30.9 Å². The van der Waals surface area contributed by atoms with Crippen molar-refractivity contribution >= 4 is 6.03 Å². The Balaban J connectivity index is 1.38. The SMILES string of the molecule is COCc1nnc2n1CC1CCC(C2)N1C(=O)NCc1ccc(OC(F)(F)F)cc1. The van der Waals surface area contributed by atoms with E-state index in [2.05, 4.69) is 20.3 Å². The van der Waals surface area contributed by atoms with Crippen LogP contribution in [0.5, 0.6) is 5.75 Å². The molecule has 8 nitrogen and oxygen atoms in total. The molecule has 2 atom stereocenters. The van der Waals surface area contributed by atoms with E-state index < -0.39 is 6.36 Å². The topological polar surface area (TPSA) is 81.5 Å². The first-order chi connectivity index (χ1) is 14.3. The molecule has 2 aliphatic heterocycles. The molecule has 0 radical (unpaired) electrons. The number of nitrogens with one attached hydrogen (secondary N) is 1. The molecular weight excluding hydrogens is 403 g/mol. The van der Waals surface area contributed by atoms with Gasteiger partial charge in [-0.3, -0.25) is 0 Å². The second-order valence-electron chi connectivity index (χ2n) is 7.42. The van der Waals surface area contributed by atoms with Crippen LogP contribution in [0.1, 0.15) is 30.1 Å². The van der Waals surface area contributed by atoms with Crippen molar-refractivity contribution in [1.82, 2.24) is 25.0 Å². The first-order valence-corrected chi connectivity index (χ1v) is 9.65. The number of methoxy groups -OCH3 is 1. The standard InChI is InChI=1S/C19H22F3N5O3/c1-29-11-17-25-24-16-8-13-4-5-14(10-26(16)17)27(13)18(28)23-9-12-2-6-15(7-3-12)30-19(20,21)22/h2-3,6-7,13-14H,4-5,8-11H2,1H3,(H,23,28). The Bertz CT molecular complexity index is 900. The number of fused-ring (bicyclic) bond motifs is 3. The molecule has 30 heavy (non-hydrogen) atoms. The number of ether oxygens (including phenoxy) is 2. The van der Waals surface area contributed by atoms with Gasteiger partial charge in [0.25, 0.3) is 0 Å². The van der Waals surface area contributed by atoms with Crippen LogP contribution in [0.15, 0.2) is 24.3 Å². The third kappa shape index (κ3) is 4.35. The van der Waals surface area contributed by atoms with Crippen molar-refractivity contribution in [1.29, 1.82) is 0 Å². The minimum absolute atomic E-state index is 0.0328. The summed E-state index contributed by atoms with van der Waals surface area (Å²) in [5, 5.41) is 11.3. The number of alkyl halides is 3. The lowest BCUT2D eigenvalue weighted by molar-refractivity contribution is -0.274. The number of hydrogen-bond acceptors (Lipinski definition) is 5. The fourth-order valence-electron chi connectivity index (χ4n) is 4.14. The highest BCUT2D eigenvalue weighted by Crippen LogP contribution is 2.31. The molecule has 4 rings (SSSR count). The highest BCUT2D eigenvalue weighted by Gasteiger charge is 2.41. The number of carbonyl (C=O) groups is 1. The van der Waals surface area contributed by atoms with Gasteiger partial charge in [0.05, 0.1) is 6.04 Å². The fourth-order valence-corrected chi connectivity index (χ4v) is 4.14. The number of rotatable bonds is 5. The zero-order valence-electron chi connectivity index (χ0n) is 16.4. The van der Waals surface area contributed by atoms with E-state index in [1.54, 1.807) is 7.11 Å². The molecule has 1 N–H and O–H groups in total. The van der Waals surface area contributed by atoms with Gasteiger partial charge in [0.1, 0.15) is 18.2 Å².